The number of carbonyl (C=O) groups is 3. The van der Waals surface area contributed by atoms with E-state index in [1.807, 2.05) is 37.3 Å². The Kier molecular flexibility index (Phi) is 9.42. The van der Waals surface area contributed by atoms with Crippen LogP contribution in [0.5, 0.6) is 0 Å². The second-order valence-electron chi connectivity index (χ2n) is 6.74. The molecule has 0 atom stereocenters. The number of anilines is 2. The second kappa shape index (κ2) is 12.3. The van der Waals surface area contributed by atoms with Gasteiger partial charge in [0.2, 0.25) is 11.8 Å². The highest BCUT2D eigenvalue weighted by Crippen LogP contribution is 2.16. The summed E-state index contributed by atoms with van der Waals surface area (Å²) < 4.78 is 5.18. The summed E-state index contributed by atoms with van der Waals surface area (Å²) in [6.07, 6.45) is 2.89. The molecule has 29 heavy (non-hydrogen) atoms. The van der Waals surface area contributed by atoms with Crippen LogP contribution in [0.3, 0.4) is 0 Å². The largest absolute Gasteiger partial charge is 0.466 e. The molecule has 2 amide bonds. The van der Waals surface area contributed by atoms with Gasteiger partial charge in [0.15, 0.2) is 0 Å². The monoisotopic (exact) mass is 396 g/mol. The van der Waals surface area contributed by atoms with E-state index in [0.29, 0.717) is 24.4 Å². The normalized spacial score (nSPS) is 10.2. The predicted octanol–water partition coefficient (Wildman–Crippen LogP) is 4.32. The van der Waals surface area contributed by atoms with Crippen LogP contribution in [-0.2, 0) is 25.5 Å². The maximum Gasteiger partial charge on any atom is 0.306 e. The highest BCUT2D eigenvalue weighted by atomic mass is 16.5. The molecule has 154 valence electrons. The molecule has 0 spiro atoms. The third kappa shape index (κ3) is 9.06. The Morgan fingerprint density at radius 1 is 0.828 bits per heavy atom. The summed E-state index contributed by atoms with van der Waals surface area (Å²) in [5, 5.41) is 5.52. The van der Waals surface area contributed by atoms with Crippen LogP contribution in [0.15, 0.2) is 54.6 Å². The molecule has 0 saturated carbocycles. The Morgan fingerprint density at radius 3 is 2.14 bits per heavy atom. The molecule has 0 aromatic heterocycles. The molecular formula is C23H28N2O4. The number of nitrogens with one attached hydrogen (secondary N) is 2. The van der Waals surface area contributed by atoms with E-state index in [9.17, 15) is 14.4 Å². The highest BCUT2D eigenvalue weighted by Gasteiger charge is 2.09. The molecule has 2 rings (SSSR count). The van der Waals surface area contributed by atoms with E-state index in [-0.39, 0.29) is 30.6 Å². The van der Waals surface area contributed by atoms with Crippen LogP contribution < -0.4 is 10.6 Å². The summed E-state index contributed by atoms with van der Waals surface area (Å²) in [5.74, 6) is -0.719. The molecule has 0 aliphatic rings. The van der Waals surface area contributed by atoms with Crippen molar-refractivity contribution >= 4 is 29.2 Å². The lowest BCUT2D eigenvalue weighted by atomic mass is 10.1. The lowest BCUT2D eigenvalue weighted by molar-refractivity contribution is -0.144. The number of hydrogen-bond donors (Lipinski definition) is 2. The minimum Gasteiger partial charge on any atom is -0.466 e. The number of rotatable bonds is 11. The maximum atomic E-state index is 12.1. The summed E-state index contributed by atoms with van der Waals surface area (Å²) >= 11 is 0. The molecule has 0 saturated heterocycles. The van der Waals surface area contributed by atoms with Crippen molar-refractivity contribution in [3.8, 4) is 0 Å². The van der Waals surface area contributed by atoms with Gasteiger partial charge in [0.1, 0.15) is 0 Å². The van der Waals surface area contributed by atoms with Crippen molar-refractivity contribution in [1.82, 2.24) is 0 Å². The van der Waals surface area contributed by atoms with E-state index in [1.165, 1.54) is 5.56 Å². The molecule has 0 bridgehead atoms. The molecule has 0 unspecified atom stereocenters. The van der Waals surface area contributed by atoms with Gasteiger partial charge in [-0.3, -0.25) is 14.4 Å². The third-order valence-electron chi connectivity index (χ3n) is 4.18. The lowest BCUT2D eigenvalue weighted by Gasteiger charge is -2.09. The van der Waals surface area contributed by atoms with Crippen molar-refractivity contribution < 1.29 is 19.1 Å². The molecule has 6 heteroatoms. The number of benzene rings is 2. The van der Waals surface area contributed by atoms with Crippen LogP contribution >= 0.6 is 0 Å². The minimum atomic E-state index is -0.381. The number of aryl methyl sites for hydroxylation is 1. The van der Waals surface area contributed by atoms with Gasteiger partial charge in [-0.2, -0.15) is 0 Å². The first-order valence-electron chi connectivity index (χ1n) is 9.96. The minimum absolute atomic E-state index is 0.0318. The summed E-state index contributed by atoms with van der Waals surface area (Å²) in [6, 6.07) is 16.9. The first kappa shape index (κ1) is 22.1. The molecule has 2 aromatic carbocycles. The van der Waals surface area contributed by atoms with Crippen LogP contribution in [0.4, 0.5) is 11.4 Å². The van der Waals surface area contributed by atoms with E-state index in [4.69, 9.17) is 4.74 Å². The Morgan fingerprint density at radius 2 is 1.48 bits per heavy atom. The fourth-order valence-corrected chi connectivity index (χ4v) is 2.74. The van der Waals surface area contributed by atoms with Crippen LogP contribution in [0, 0.1) is 0 Å². The molecular weight excluding hydrogens is 368 g/mol. The van der Waals surface area contributed by atoms with Gasteiger partial charge in [-0.15, -0.1) is 0 Å². The zero-order valence-electron chi connectivity index (χ0n) is 16.8. The third-order valence-corrected chi connectivity index (χ3v) is 4.18. The van der Waals surface area contributed by atoms with Crippen molar-refractivity contribution in [2.45, 2.75) is 45.4 Å². The van der Waals surface area contributed by atoms with Crippen molar-refractivity contribution in [1.29, 1.82) is 0 Å². The molecule has 0 fully saturated rings. The summed E-state index contributed by atoms with van der Waals surface area (Å²) in [6.45, 7) is 2.28. The van der Waals surface area contributed by atoms with Gasteiger partial charge in [0.25, 0.3) is 0 Å². The zero-order valence-corrected chi connectivity index (χ0v) is 16.8. The molecule has 6 nitrogen and oxygen atoms in total. The number of carbonyl (C=O) groups excluding carboxylic acids is 3. The Balaban J connectivity index is 1.65. The summed E-state index contributed by atoms with van der Waals surface area (Å²) in [5.41, 5.74) is 2.40. The Bertz CT molecular complexity index is 806. The van der Waals surface area contributed by atoms with Crippen LogP contribution in [0.25, 0.3) is 0 Å². The van der Waals surface area contributed by atoms with Crippen molar-refractivity contribution in [2.24, 2.45) is 0 Å². The molecule has 0 radical (unpaired) electrons. The van der Waals surface area contributed by atoms with Gasteiger partial charge in [0, 0.05) is 24.2 Å². The van der Waals surface area contributed by atoms with Gasteiger partial charge in [0.05, 0.1) is 13.0 Å². The van der Waals surface area contributed by atoms with Gasteiger partial charge in [-0.25, -0.2) is 0 Å². The fraction of sp³-hybridized carbons (Fsp3) is 0.348. The van der Waals surface area contributed by atoms with E-state index in [2.05, 4.69) is 10.6 Å². The maximum absolute atomic E-state index is 12.1. The Hall–Kier alpha value is -3.15. The van der Waals surface area contributed by atoms with E-state index >= 15 is 0 Å². The first-order valence-corrected chi connectivity index (χ1v) is 9.96. The Labute approximate surface area is 171 Å². The van der Waals surface area contributed by atoms with E-state index in [1.54, 1.807) is 24.3 Å². The highest BCUT2D eigenvalue weighted by molar-refractivity contribution is 5.94. The number of hydrogen-bond acceptors (Lipinski definition) is 4. The quantitative estimate of drug-likeness (QED) is 0.438. The summed E-state index contributed by atoms with van der Waals surface area (Å²) in [4.78, 5) is 35.5. The average Bonchev–Trinajstić information content (AvgIpc) is 2.71. The summed E-state index contributed by atoms with van der Waals surface area (Å²) in [7, 11) is 0. The van der Waals surface area contributed by atoms with Crippen LogP contribution in [-0.4, -0.2) is 24.4 Å². The van der Waals surface area contributed by atoms with Crippen LogP contribution in [0.2, 0.25) is 0 Å². The van der Waals surface area contributed by atoms with Crippen LogP contribution in [0.1, 0.15) is 44.6 Å². The predicted molar refractivity (Wildman–Crippen MR) is 114 cm³/mol. The topological polar surface area (TPSA) is 84.5 Å². The molecule has 0 aliphatic heterocycles. The van der Waals surface area contributed by atoms with Gasteiger partial charge < -0.3 is 15.4 Å². The smallest absolute Gasteiger partial charge is 0.306 e. The van der Waals surface area contributed by atoms with Crippen molar-refractivity contribution in [3.05, 3.63) is 60.2 Å². The van der Waals surface area contributed by atoms with E-state index in [0.717, 1.165) is 19.3 Å². The standard InChI is InChI=1S/C23H28N2O4/c1-2-8-21(26)24-19-12-6-13-20(17-19)25-22(27)14-15-23(28)29-16-7-11-18-9-4-3-5-10-18/h3-6,9-10,12-13,17H,2,7-8,11,14-16H2,1H3,(H,24,26)(H,25,27). The number of ether oxygens (including phenoxy) is 1. The van der Waals surface area contributed by atoms with E-state index < -0.39 is 0 Å². The van der Waals surface area contributed by atoms with Gasteiger partial charge >= 0.3 is 5.97 Å². The number of esters is 1. The van der Waals surface area contributed by atoms with Crippen molar-refractivity contribution in [3.63, 3.8) is 0 Å². The molecule has 0 heterocycles. The second-order valence-corrected chi connectivity index (χ2v) is 6.74. The lowest BCUT2D eigenvalue weighted by Crippen LogP contribution is -2.15. The number of amides is 2. The first-order chi connectivity index (χ1) is 14.1. The molecule has 0 aliphatic carbocycles. The molecule has 2 N–H and O–H groups in total. The van der Waals surface area contributed by atoms with Gasteiger partial charge in [-0.1, -0.05) is 43.3 Å². The zero-order chi connectivity index (χ0) is 20.9. The molecule has 2 aromatic rings. The fourth-order valence-electron chi connectivity index (χ4n) is 2.74. The van der Waals surface area contributed by atoms with Gasteiger partial charge in [-0.05, 0) is 43.0 Å². The SMILES string of the molecule is CCCC(=O)Nc1cccc(NC(=O)CCC(=O)OCCCc2ccccc2)c1. The average molecular weight is 396 g/mol. The van der Waals surface area contributed by atoms with Crippen molar-refractivity contribution in [2.75, 3.05) is 17.2 Å².